The third-order valence-electron chi connectivity index (χ3n) is 5.96. The molecular formula is C24H30N4O2S. The van der Waals surface area contributed by atoms with Gasteiger partial charge in [0.25, 0.3) is 5.56 Å². The van der Waals surface area contributed by atoms with Crippen molar-refractivity contribution < 1.29 is 5.11 Å². The molecule has 0 atom stereocenters. The SMILES string of the molecule is CC(C)c1c(CC2CCCCC2)nc(SCc2cc(-c3ccc(O)cc3)[nH]n2)[nH]c1=O. The molecule has 3 N–H and O–H groups in total. The summed E-state index contributed by atoms with van der Waals surface area (Å²) in [6.45, 7) is 4.13. The molecule has 0 radical (unpaired) electrons. The number of rotatable bonds is 7. The summed E-state index contributed by atoms with van der Waals surface area (Å²) in [6, 6.07) is 9.00. The summed E-state index contributed by atoms with van der Waals surface area (Å²) in [4.78, 5) is 20.7. The summed E-state index contributed by atoms with van der Waals surface area (Å²) in [7, 11) is 0. The lowest BCUT2D eigenvalue weighted by Gasteiger charge is -2.22. The maximum Gasteiger partial charge on any atom is 0.255 e. The topological polar surface area (TPSA) is 94.7 Å². The van der Waals surface area contributed by atoms with Gasteiger partial charge in [-0.25, -0.2) is 4.98 Å². The van der Waals surface area contributed by atoms with Gasteiger partial charge >= 0.3 is 0 Å². The van der Waals surface area contributed by atoms with Crippen molar-refractivity contribution in [3.05, 3.63) is 57.6 Å². The normalized spacial score (nSPS) is 14.9. The van der Waals surface area contributed by atoms with Gasteiger partial charge in [0, 0.05) is 11.3 Å². The zero-order valence-electron chi connectivity index (χ0n) is 18.1. The fourth-order valence-electron chi connectivity index (χ4n) is 4.36. The predicted octanol–water partition coefficient (Wildman–Crippen LogP) is 5.40. The minimum atomic E-state index is -0.00915. The minimum absolute atomic E-state index is 0.00915. The Balaban J connectivity index is 1.49. The summed E-state index contributed by atoms with van der Waals surface area (Å²) >= 11 is 1.51. The van der Waals surface area contributed by atoms with Crippen LogP contribution < -0.4 is 5.56 Å². The van der Waals surface area contributed by atoms with E-state index >= 15 is 0 Å². The van der Waals surface area contributed by atoms with E-state index in [1.807, 2.05) is 18.2 Å². The molecule has 7 heteroatoms. The number of hydrogen-bond donors (Lipinski definition) is 3. The number of aromatic hydroxyl groups is 1. The van der Waals surface area contributed by atoms with Gasteiger partial charge in [-0.3, -0.25) is 9.89 Å². The Hall–Kier alpha value is -2.54. The highest BCUT2D eigenvalue weighted by Crippen LogP contribution is 2.29. The van der Waals surface area contributed by atoms with E-state index in [2.05, 4.69) is 29.0 Å². The molecule has 1 aliphatic carbocycles. The van der Waals surface area contributed by atoms with Crippen LogP contribution in [-0.2, 0) is 12.2 Å². The Morgan fingerprint density at radius 3 is 2.61 bits per heavy atom. The molecule has 1 saturated carbocycles. The quantitative estimate of drug-likeness (QED) is 0.339. The number of phenols is 1. The molecule has 0 aliphatic heterocycles. The molecule has 1 aliphatic rings. The van der Waals surface area contributed by atoms with Crippen molar-refractivity contribution in [3.63, 3.8) is 0 Å². The van der Waals surface area contributed by atoms with Crippen LogP contribution in [-0.4, -0.2) is 25.3 Å². The summed E-state index contributed by atoms with van der Waals surface area (Å²) in [5, 5.41) is 17.5. The molecule has 2 heterocycles. The van der Waals surface area contributed by atoms with Crippen LogP contribution in [0.2, 0.25) is 0 Å². The lowest BCUT2D eigenvalue weighted by atomic mass is 9.84. The largest absolute Gasteiger partial charge is 0.508 e. The average Bonchev–Trinajstić information content (AvgIpc) is 3.22. The van der Waals surface area contributed by atoms with Crippen molar-refractivity contribution >= 4 is 11.8 Å². The highest BCUT2D eigenvalue weighted by atomic mass is 32.2. The molecule has 4 rings (SSSR count). The smallest absolute Gasteiger partial charge is 0.255 e. The number of hydrogen-bond acceptors (Lipinski definition) is 5. The molecule has 1 aromatic carbocycles. The Bertz CT molecular complexity index is 1070. The minimum Gasteiger partial charge on any atom is -0.508 e. The van der Waals surface area contributed by atoms with Crippen LogP contribution in [0.1, 0.15) is 68.8 Å². The van der Waals surface area contributed by atoms with E-state index in [9.17, 15) is 9.90 Å². The van der Waals surface area contributed by atoms with Gasteiger partial charge in [0.1, 0.15) is 5.75 Å². The first-order valence-electron chi connectivity index (χ1n) is 11.1. The fourth-order valence-corrected chi connectivity index (χ4v) is 5.13. The number of benzene rings is 1. The van der Waals surface area contributed by atoms with E-state index in [0.717, 1.165) is 34.6 Å². The van der Waals surface area contributed by atoms with Gasteiger partial charge in [-0.15, -0.1) is 0 Å². The maximum absolute atomic E-state index is 12.8. The van der Waals surface area contributed by atoms with Gasteiger partial charge in [-0.2, -0.15) is 5.10 Å². The van der Waals surface area contributed by atoms with Gasteiger partial charge < -0.3 is 10.1 Å². The van der Waals surface area contributed by atoms with Gasteiger partial charge in [0.05, 0.1) is 17.1 Å². The summed E-state index contributed by atoms with van der Waals surface area (Å²) < 4.78 is 0. The van der Waals surface area contributed by atoms with Gasteiger partial charge in [-0.1, -0.05) is 57.7 Å². The Morgan fingerprint density at radius 2 is 1.90 bits per heavy atom. The number of H-pyrrole nitrogens is 2. The van der Waals surface area contributed by atoms with Gasteiger partial charge in [-0.05, 0) is 54.2 Å². The molecule has 31 heavy (non-hydrogen) atoms. The lowest BCUT2D eigenvalue weighted by Crippen LogP contribution is -2.22. The second-order valence-corrected chi connectivity index (χ2v) is 9.67. The number of nitrogens with zero attached hydrogens (tertiary/aromatic N) is 2. The van der Waals surface area contributed by atoms with Gasteiger partial charge in [0.2, 0.25) is 0 Å². The average molecular weight is 439 g/mol. The fraction of sp³-hybridized carbons (Fsp3) is 0.458. The molecule has 6 nitrogen and oxygen atoms in total. The van der Waals surface area contributed by atoms with E-state index in [1.54, 1.807) is 12.1 Å². The zero-order chi connectivity index (χ0) is 21.8. The number of aromatic nitrogens is 4. The van der Waals surface area contributed by atoms with E-state index in [0.29, 0.717) is 16.8 Å². The van der Waals surface area contributed by atoms with Crippen LogP contribution in [0, 0.1) is 5.92 Å². The molecule has 0 unspecified atom stereocenters. The first-order valence-corrected chi connectivity index (χ1v) is 12.1. The van der Waals surface area contributed by atoms with Crippen LogP contribution in [0.5, 0.6) is 5.75 Å². The van der Waals surface area contributed by atoms with E-state index < -0.39 is 0 Å². The second kappa shape index (κ2) is 9.73. The molecule has 0 saturated heterocycles. The van der Waals surface area contributed by atoms with E-state index in [-0.39, 0.29) is 17.2 Å². The van der Waals surface area contributed by atoms with Crippen molar-refractivity contribution in [3.8, 4) is 17.0 Å². The van der Waals surface area contributed by atoms with Crippen LogP contribution in [0.3, 0.4) is 0 Å². The monoisotopic (exact) mass is 438 g/mol. The van der Waals surface area contributed by atoms with Crippen molar-refractivity contribution in [1.29, 1.82) is 0 Å². The van der Waals surface area contributed by atoms with Crippen molar-refractivity contribution in [2.75, 3.05) is 0 Å². The summed E-state index contributed by atoms with van der Waals surface area (Å²) in [6.07, 6.45) is 7.28. The number of aromatic amines is 2. The van der Waals surface area contributed by atoms with Crippen LogP contribution in [0.25, 0.3) is 11.3 Å². The number of phenolic OH excluding ortho intramolecular Hbond substituents is 1. The van der Waals surface area contributed by atoms with Crippen LogP contribution in [0.15, 0.2) is 40.3 Å². The lowest BCUT2D eigenvalue weighted by molar-refractivity contribution is 0.352. The highest BCUT2D eigenvalue weighted by molar-refractivity contribution is 7.98. The van der Waals surface area contributed by atoms with Crippen molar-refractivity contribution in [2.45, 2.75) is 69.2 Å². The molecule has 0 bridgehead atoms. The molecule has 0 spiro atoms. The van der Waals surface area contributed by atoms with Gasteiger partial charge in [0.15, 0.2) is 5.16 Å². The summed E-state index contributed by atoms with van der Waals surface area (Å²) in [5.74, 6) is 1.65. The number of thioether (sulfide) groups is 1. The molecule has 164 valence electrons. The Morgan fingerprint density at radius 1 is 1.16 bits per heavy atom. The van der Waals surface area contributed by atoms with E-state index in [4.69, 9.17) is 4.98 Å². The molecular weight excluding hydrogens is 408 g/mol. The van der Waals surface area contributed by atoms with Crippen molar-refractivity contribution in [2.24, 2.45) is 5.92 Å². The Kier molecular flexibility index (Phi) is 6.80. The molecule has 0 amide bonds. The highest BCUT2D eigenvalue weighted by Gasteiger charge is 2.21. The predicted molar refractivity (Wildman–Crippen MR) is 124 cm³/mol. The van der Waals surface area contributed by atoms with Crippen LogP contribution in [0.4, 0.5) is 0 Å². The standard InChI is InChI=1S/C24H30N4O2S/c1-15(2)22-21(12-16-6-4-3-5-7-16)25-24(26-23(22)30)31-14-18-13-20(28-27-18)17-8-10-19(29)11-9-17/h8-11,13,15-16,29H,3-7,12,14H2,1-2H3,(H,27,28)(H,25,26,30). The summed E-state index contributed by atoms with van der Waals surface area (Å²) in [5.41, 5.74) is 4.54. The van der Waals surface area contributed by atoms with E-state index in [1.165, 1.54) is 43.9 Å². The molecule has 3 aromatic rings. The maximum atomic E-state index is 12.8. The first kappa shape index (κ1) is 21.7. The third kappa shape index (κ3) is 5.39. The number of nitrogens with one attached hydrogen (secondary N) is 2. The second-order valence-electron chi connectivity index (χ2n) is 8.70. The molecule has 1 fully saturated rings. The van der Waals surface area contributed by atoms with Crippen molar-refractivity contribution in [1.82, 2.24) is 20.2 Å². The third-order valence-corrected chi connectivity index (χ3v) is 6.87. The first-order chi connectivity index (χ1) is 15.0. The zero-order valence-corrected chi connectivity index (χ0v) is 19.0. The molecule has 2 aromatic heterocycles. The van der Waals surface area contributed by atoms with Crippen LogP contribution >= 0.6 is 11.8 Å². The Labute approximate surface area is 186 Å².